The van der Waals surface area contributed by atoms with Gasteiger partial charge in [-0.3, -0.25) is 14.4 Å². The highest BCUT2D eigenvalue weighted by Crippen LogP contribution is 2.23. The van der Waals surface area contributed by atoms with Gasteiger partial charge in [0.1, 0.15) is 6.54 Å². The van der Waals surface area contributed by atoms with Crippen LogP contribution in [0.25, 0.3) is 0 Å². The Balaban J connectivity index is 1.51. The van der Waals surface area contributed by atoms with Crippen molar-refractivity contribution >= 4 is 57.4 Å². The summed E-state index contributed by atoms with van der Waals surface area (Å²) >= 11 is 13.3. The van der Waals surface area contributed by atoms with Crippen LogP contribution in [-0.4, -0.2) is 71.8 Å². The van der Waals surface area contributed by atoms with Crippen LogP contribution in [0.1, 0.15) is 42.7 Å². The number of benzene rings is 1. The fourth-order valence-corrected chi connectivity index (χ4v) is 4.86. The van der Waals surface area contributed by atoms with Crippen molar-refractivity contribution in [3.63, 3.8) is 0 Å². The monoisotopic (exact) mass is 539 g/mol. The molecule has 0 unspecified atom stereocenters. The van der Waals surface area contributed by atoms with Crippen LogP contribution in [-0.2, 0) is 16.0 Å². The molecule has 0 bridgehead atoms. The molecular weight excluding hydrogens is 509 g/mol. The number of likely N-dealkylation sites (tertiary alicyclic amines) is 1. The van der Waals surface area contributed by atoms with Crippen molar-refractivity contribution in [3.8, 4) is 0 Å². The molecule has 0 radical (unpaired) electrons. The lowest BCUT2D eigenvalue weighted by Crippen LogP contribution is -2.40. The number of carbonyl (C=O) groups excluding carboxylic acids is 3. The van der Waals surface area contributed by atoms with Gasteiger partial charge >= 0.3 is 0 Å². The standard InChI is InChI=1S/C24H31Cl2N5O3S/c1-16(2)13-31(23(34)17-5-6-19(25)20(26)11-17)14-22(33)29-24-28-18(15-35-24)12-21(32)27-7-10-30-8-3-4-9-30/h5-6,11,15-16H,3-4,7-10,12-14H2,1-2H3,(H,27,32)(H,28,29,33). The zero-order chi connectivity index (χ0) is 25.4. The zero-order valence-electron chi connectivity index (χ0n) is 20.0. The molecule has 1 aromatic heterocycles. The summed E-state index contributed by atoms with van der Waals surface area (Å²) in [6.07, 6.45) is 2.60. The molecule has 0 atom stereocenters. The van der Waals surface area contributed by atoms with E-state index in [4.69, 9.17) is 23.2 Å². The normalized spacial score (nSPS) is 13.7. The van der Waals surface area contributed by atoms with E-state index in [1.54, 1.807) is 17.5 Å². The highest BCUT2D eigenvalue weighted by molar-refractivity contribution is 7.13. The number of carbonyl (C=O) groups is 3. The van der Waals surface area contributed by atoms with E-state index in [-0.39, 0.29) is 41.6 Å². The van der Waals surface area contributed by atoms with Crippen LogP contribution < -0.4 is 10.6 Å². The van der Waals surface area contributed by atoms with Crippen LogP contribution in [0.15, 0.2) is 23.6 Å². The SMILES string of the molecule is CC(C)CN(CC(=O)Nc1nc(CC(=O)NCCN2CCCC2)cs1)C(=O)c1ccc(Cl)c(Cl)c1. The predicted molar refractivity (Wildman–Crippen MR) is 140 cm³/mol. The smallest absolute Gasteiger partial charge is 0.254 e. The Bertz CT molecular complexity index is 1040. The lowest BCUT2D eigenvalue weighted by molar-refractivity contribution is -0.120. The summed E-state index contributed by atoms with van der Waals surface area (Å²) in [5.74, 6) is -0.611. The summed E-state index contributed by atoms with van der Waals surface area (Å²) in [5.41, 5.74) is 0.954. The van der Waals surface area contributed by atoms with Gasteiger partial charge < -0.3 is 20.4 Å². The first-order valence-corrected chi connectivity index (χ1v) is 13.3. The molecule has 2 heterocycles. The summed E-state index contributed by atoms with van der Waals surface area (Å²) < 4.78 is 0. The molecule has 1 aromatic carbocycles. The number of nitrogens with one attached hydrogen (secondary N) is 2. The number of halogens is 2. The van der Waals surface area contributed by atoms with Gasteiger partial charge in [0.15, 0.2) is 5.13 Å². The Morgan fingerprint density at radius 3 is 2.57 bits per heavy atom. The van der Waals surface area contributed by atoms with E-state index in [1.165, 1.54) is 35.1 Å². The van der Waals surface area contributed by atoms with Gasteiger partial charge in [0.2, 0.25) is 11.8 Å². The van der Waals surface area contributed by atoms with E-state index in [2.05, 4.69) is 20.5 Å². The Morgan fingerprint density at radius 2 is 1.89 bits per heavy atom. The van der Waals surface area contributed by atoms with Crippen molar-refractivity contribution in [2.45, 2.75) is 33.1 Å². The molecule has 11 heteroatoms. The molecule has 35 heavy (non-hydrogen) atoms. The molecule has 0 saturated carbocycles. The third kappa shape index (κ3) is 8.75. The van der Waals surface area contributed by atoms with Gasteiger partial charge in [-0.05, 0) is 50.0 Å². The minimum atomic E-state index is -0.366. The van der Waals surface area contributed by atoms with Crippen LogP contribution >= 0.6 is 34.5 Å². The van der Waals surface area contributed by atoms with Crippen molar-refractivity contribution in [1.82, 2.24) is 20.1 Å². The number of hydrogen-bond donors (Lipinski definition) is 2. The summed E-state index contributed by atoms with van der Waals surface area (Å²) in [7, 11) is 0. The molecule has 1 aliphatic rings. The van der Waals surface area contributed by atoms with E-state index in [1.807, 2.05) is 13.8 Å². The average Bonchev–Trinajstić information content (AvgIpc) is 3.46. The van der Waals surface area contributed by atoms with Crippen LogP contribution in [0.2, 0.25) is 10.0 Å². The maximum atomic E-state index is 13.0. The van der Waals surface area contributed by atoms with Crippen LogP contribution in [0, 0.1) is 5.92 Å². The molecule has 1 fully saturated rings. The van der Waals surface area contributed by atoms with Crippen LogP contribution in [0.4, 0.5) is 5.13 Å². The van der Waals surface area contributed by atoms with E-state index in [0.29, 0.717) is 34.5 Å². The summed E-state index contributed by atoms with van der Waals surface area (Å²) in [6, 6.07) is 4.65. The Labute approximate surface area is 220 Å². The molecule has 2 aromatic rings. The van der Waals surface area contributed by atoms with Crippen molar-refractivity contribution < 1.29 is 14.4 Å². The Hall–Kier alpha value is -2.20. The quantitative estimate of drug-likeness (QED) is 0.451. The lowest BCUT2D eigenvalue weighted by atomic mass is 10.1. The zero-order valence-corrected chi connectivity index (χ0v) is 22.3. The van der Waals surface area contributed by atoms with Crippen LogP contribution in [0.5, 0.6) is 0 Å². The molecule has 3 rings (SSSR count). The third-order valence-corrected chi connectivity index (χ3v) is 7.01. The molecule has 0 spiro atoms. The minimum absolute atomic E-state index is 0.0947. The third-order valence-electron chi connectivity index (χ3n) is 5.46. The van der Waals surface area contributed by atoms with Crippen molar-refractivity contribution in [1.29, 1.82) is 0 Å². The number of anilines is 1. The van der Waals surface area contributed by atoms with Crippen molar-refractivity contribution in [2.75, 3.05) is 44.6 Å². The van der Waals surface area contributed by atoms with Gasteiger partial charge in [-0.1, -0.05) is 37.0 Å². The second-order valence-electron chi connectivity index (χ2n) is 8.98. The molecular formula is C24H31Cl2N5O3S. The lowest BCUT2D eigenvalue weighted by Gasteiger charge is -2.24. The summed E-state index contributed by atoms with van der Waals surface area (Å²) in [5, 5.41) is 8.44. The first-order valence-electron chi connectivity index (χ1n) is 11.7. The molecule has 2 N–H and O–H groups in total. The van der Waals surface area contributed by atoms with E-state index in [9.17, 15) is 14.4 Å². The molecule has 190 valence electrons. The molecule has 0 aliphatic carbocycles. The van der Waals surface area contributed by atoms with Gasteiger partial charge in [0.05, 0.1) is 22.2 Å². The largest absolute Gasteiger partial charge is 0.354 e. The molecule has 1 saturated heterocycles. The van der Waals surface area contributed by atoms with Gasteiger partial charge in [-0.25, -0.2) is 4.98 Å². The minimum Gasteiger partial charge on any atom is -0.354 e. The highest BCUT2D eigenvalue weighted by atomic mass is 35.5. The number of hydrogen-bond acceptors (Lipinski definition) is 6. The van der Waals surface area contributed by atoms with E-state index < -0.39 is 0 Å². The molecule has 3 amide bonds. The Kier molecular flexibility index (Phi) is 10.3. The highest BCUT2D eigenvalue weighted by Gasteiger charge is 2.21. The number of nitrogens with zero attached hydrogens (tertiary/aromatic N) is 3. The maximum absolute atomic E-state index is 13.0. The van der Waals surface area contributed by atoms with Crippen molar-refractivity contribution in [3.05, 3.63) is 44.9 Å². The van der Waals surface area contributed by atoms with Crippen LogP contribution in [0.3, 0.4) is 0 Å². The second-order valence-corrected chi connectivity index (χ2v) is 10.6. The molecule has 1 aliphatic heterocycles. The first kappa shape index (κ1) is 27.4. The second kappa shape index (κ2) is 13.2. The first-order chi connectivity index (χ1) is 16.7. The number of rotatable bonds is 11. The molecule has 8 nitrogen and oxygen atoms in total. The van der Waals surface area contributed by atoms with Crippen molar-refractivity contribution in [2.24, 2.45) is 5.92 Å². The summed E-state index contributed by atoms with van der Waals surface area (Å²) in [4.78, 5) is 46.1. The van der Waals surface area contributed by atoms with Gasteiger partial charge in [-0.2, -0.15) is 0 Å². The number of thiazole rings is 1. The maximum Gasteiger partial charge on any atom is 0.254 e. The van der Waals surface area contributed by atoms with Gasteiger partial charge in [0.25, 0.3) is 5.91 Å². The fourth-order valence-electron chi connectivity index (χ4n) is 3.84. The number of aromatic nitrogens is 1. The predicted octanol–water partition coefficient (Wildman–Crippen LogP) is 3.94. The van der Waals surface area contributed by atoms with E-state index >= 15 is 0 Å². The average molecular weight is 541 g/mol. The summed E-state index contributed by atoms with van der Waals surface area (Å²) in [6.45, 7) is 7.86. The Morgan fingerprint density at radius 1 is 1.14 bits per heavy atom. The van der Waals surface area contributed by atoms with E-state index in [0.717, 1.165) is 19.6 Å². The fraction of sp³-hybridized carbons (Fsp3) is 0.500. The van der Waals surface area contributed by atoms with Gasteiger partial charge in [-0.15, -0.1) is 11.3 Å². The number of amides is 3. The van der Waals surface area contributed by atoms with Gasteiger partial charge in [0, 0.05) is 30.6 Å². The topological polar surface area (TPSA) is 94.6 Å².